The zero-order chi connectivity index (χ0) is 14.1. The van der Waals surface area contributed by atoms with Crippen LogP contribution in [0, 0.1) is 17.8 Å². The van der Waals surface area contributed by atoms with Crippen molar-refractivity contribution in [2.24, 2.45) is 17.8 Å². The van der Waals surface area contributed by atoms with Gasteiger partial charge in [0.15, 0.2) is 0 Å². The molecule has 0 aromatic heterocycles. The van der Waals surface area contributed by atoms with E-state index < -0.39 is 0 Å². The summed E-state index contributed by atoms with van der Waals surface area (Å²) in [6.07, 6.45) is 13.3. The number of benzene rings is 1. The van der Waals surface area contributed by atoms with E-state index >= 15 is 0 Å². The predicted octanol–water partition coefficient (Wildman–Crippen LogP) is 5.35. The van der Waals surface area contributed by atoms with E-state index in [1.54, 1.807) is 0 Å². The summed E-state index contributed by atoms with van der Waals surface area (Å²) in [6.45, 7) is 1.15. The molecule has 3 unspecified atom stereocenters. The van der Waals surface area contributed by atoms with Crippen LogP contribution in [0.2, 0.25) is 0 Å². The Labute approximate surface area is 132 Å². The molecule has 0 saturated heterocycles. The second-order valence-electron chi connectivity index (χ2n) is 6.94. The van der Waals surface area contributed by atoms with Gasteiger partial charge in [0.05, 0.1) is 0 Å². The first-order chi connectivity index (χ1) is 10.4. The number of thioether (sulfide) groups is 1. The first-order valence-electron chi connectivity index (χ1n) is 8.56. The zero-order valence-electron chi connectivity index (χ0n) is 12.6. The Morgan fingerprint density at radius 1 is 1.05 bits per heavy atom. The molecule has 0 heterocycles. The molecule has 0 aliphatic heterocycles. The second-order valence-corrected chi connectivity index (χ2v) is 8.28. The van der Waals surface area contributed by atoms with Crippen LogP contribution in [0.15, 0.2) is 41.3 Å². The van der Waals surface area contributed by atoms with Gasteiger partial charge in [0.25, 0.3) is 0 Å². The number of fused-ring (bicyclic) bond motifs is 2. The molecule has 1 aromatic carbocycles. The number of para-hydroxylation sites is 1. The van der Waals surface area contributed by atoms with Crippen molar-refractivity contribution in [1.29, 1.82) is 0 Å². The molecule has 21 heavy (non-hydrogen) atoms. The van der Waals surface area contributed by atoms with Crippen LogP contribution in [-0.4, -0.2) is 11.8 Å². The van der Waals surface area contributed by atoms with E-state index in [0.29, 0.717) is 0 Å². The molecule has 2 bridgehead atoms. The minimum absolute atomic E-state index is 0.845. The first kappa shape index (κ1) is 13.8. The maximum atomic E-state index is 3.76. The minimum atomic E-state index is 0.845. The zero-order valence-corrected chi connectivity index (χ0v) is 13.4. The molecular formula is C19H25NS. The SMILES string of the molecule is C1=CC2CC1CC2CNc1ccccc1SC1CCCC1. The van der Waals surface area contributed by atoms with Crippen LogP contribution >= 0.6 is 11.8 Å². The average Bonchev–Trinajstić information content (AvgIpc) is 3.24. The third-order valence-electron chi connectivity index (χ3n) is 5.45. The normalized spacial score (nSPS) is 31.1. The molecule has 2 saturated carbocycles. The maximum absolute atomic E-state index is 3.76. The molecule has 0 amide bonds. The van der Waals surface area contributed by atoms with Crippen molar-refractivity contribution in [3.63, 3.8) is 0 Å². The van der Waals surface area contributed by atoms with Crippen molar-refractivity contribution in [2.75, 3.05) is 11.9 Å². The molecule has 0 spiro atoms. The Kier molecular flexibility index (Phi) is 3.98. The molecule has 3 aliphatic rings. The van der Waals surface area contributed by atoms with Crippen LogP contribution in [-0.2, 0) is 0 Å². The summed E-state index contributed by atoms with van der Waals surface area (Å²) < 4.78 is 0. The van der Waals surface area contributed by atoms with Gasteiger partial charge < -0.3 is 5.32 Å². The Balaban J connectivity index is 1.39. The Morgan fingerprint density at radius 3 is 2.67 bits per heavy atom. The number of hydrogen-bond donors (Lipinski definition) is 1. The Morgan fingerprint density at radius 2 is 1.90 bits per heavy atom. The van der Waals surface area contributed by atoms with Gasteiger partial charge in [0.1, 0.15) is 0 Å². The molecule has 2 heteroatoms. The summed E-state index contributed by atoms with van der Waals surface area (Å²) >= 11 is 2.10. The van der Waals surface area contributed by atoms with Crippen LogP contribution in [0.4, 0.5) is 5.69 Å². The summed E-state index contributed by atoms with van der Waals surface area (Å²) in [5.74, 6) is 2.58. The molecule has 2 fully saturated rings. The topological polar surface area (TPSA) is 12.0 Å². The maximum Gasteiger partial charge on any atom is 0.0478 e. The molecular weight excluding hydrogens is 274 g/mol. The van der Waals surface area contributed by atoms with E-state index in [4.69, 9.17) is 0 Å². The Bertz CT molecular complexity index is 518. The van der Waals surface area contributed by atoms with Crippen molar-refractivity contribution in [2.45, 2.75) is 48.7 Å². The quantitative estimate of drug-likeness (QED) is 0.736. The molecule has 112 valence electrons. The van der Waals surface area contributed by atoms with E-state index in [0.717, 1.165) is 29.5 Å². The number of rotatable bonds is 5. The van der Waals surface area contributed by atoms with Crippen LogP contribution in [0.25, 0.3) is 0 Å². The summed E-state index contributed by atoms with van der Waals surface area (Å²) in [5, 5.41) is 4.61. The van der Waals surface area contributed by atoms with Gasteiger partial charge in [0, 0.05) is 22.4 Å². The highest BCUT2D eigenvalue weighted by Gasteiger charge is 2.35. The van der Waals surface area contributed by atoms with Gasteiger partial charge in [-0.05, 0) is 55.6 Å². The lowest BCUT2D eigenvalue weighted by atomic mass is 9.93. The lowest BCUT2D eigenvalue weighted by molar-refractivity contribution is 0.471. The van der Waals surface area contributed by atoms with Gasteiger partial charge in [-0.1, -0.05) is 37.1 Å². The van der Waals surface area contributed by atoms with Crippen molar-refractivity contribution in [3.05, 3.63) is 36.4 Å². The highest BCUT2D eigenvalue weighted by molar-refractivity contribution is 8.00. The fourth-order valence-electron chi connectivity index (χ4n) is 4.27. The summed E-state index contributed by atoms with van der Waals surface area (Å²) in [6, 6.07) is 8.91. The molecule has 1 aromatic rings. The Hall–Kier alpha value is -0.890. The molecule has 0 radical (unpaired) electrons. The number of hydrogen-bond acceptors (Lipinski definition) is 2. The highest BCUT2D eigenvalue weighted by Crippen LogP contribution is 2.44. The monoisotopic (exact) mass is 299 g/mol. The van der Waals surface area contributed by atoms with Crippen molar-refractivity contribution >= 4 is 17.4 Å². The van der Waals surface area contributed by atoms with Crippen molar-refractivity contribution in [1.82, 2.24) is 0 Å². The van der Waals surface area contributed by atoms with E-state index in [2.05, 4.69) is 53.5 Å². The average molecular weight is 299 g/mol. The summed E-state index contributed by atoms with van der Waals surface area (Å²) in [7, 11) is 0. The minimum Gasteiger partial charge on any atom is -0.384 e. The standard InChI is InChI=1S/C19H25NS/c1-2-6-17(5-1)21-19-8-4-3-7-18(19)20-13-16-12-14-9-10-15(16)11-14/h3-4,7-10,14-17,20H,1-2,5-6,11-13H2. The molecule has 1 nitrogen and oxygen atoms in total. The van der Waals surface area contributed by atoms with E-state index in [9.17, 15) is 0 Å². The van der Waals surface area contributed by atoms with Crippen molar-refractivity contribution in [3.8, 4) is 0 Å². The van der Waals surface area contributed by atoms with Gasteiger partial charge in [-0.25, -0.2) is 0 Å². The van der Waals surface area contributed by atoms with Gasteiger partial charge >= 0.3 is 0 Å². The lowest BCUT2D eigenvalue weighted by Crippen LogP contribution is -2.18. The van der Waals surface area contributed by atoms with E-state index in [1.165, 1.54) is 49.1 Å². The molecule has 3 aliphatic carbocycles. The second kappa shape index (κ2) is 6.08. The fraction of sp³-hybridized carbons (Fsp3) is 0.579. The van der Waals surface area contributed by atoms with Crippen LogP contribution in [0.1, 0.15) is 38.5 Å². The molecule has 3 atom stereocenters. The smallest absolute Gasteiger partial charge is 0.0478 e. The number of nitrogens with one attached hydrogen (secondary N) is 1. The lowest BCUT2D eigenvalue weighted by Gasteiger charge is -2.21. The fourth-order valence-corrected chi connectivity index (χ4v) is 5.62. The predicted molar refractivity (Wildman–Crippen MR) is 91.9 cm³/mol. The van der Waals surface area contributed by atoms with Crippen LogP contribution in [0.3, 0.4) is 0 Å². The van der Waals surface area contributed by atoms with Crippen LogP contribution in [0.5, 0.6) is 0 Å². The van der Waals surface area contributed by atoms with E-state index in [-0.39, 0.29) is 0 Å². The summed E-state index contributed by atoms with van der Waals surface area (Å²) in [4.78, 5) is 1.46. The highest BCUT2D eigenvalue weighted by atomic mass is 32.2. The summed E-state index contributed by atoms with van der Waals surface area (Å²) in [5.41, 5.74) is 1.36. The largest absolute Gasteiger partial charge is 0.384 e. The molecule has 1 N–H and O–H groups in total. The number of allylic oxidation sites excluding steroid dienone is 2. The third kappa shape index (κ3) is 3.01. The van der Waals surface area contributed by atoms with Gasteiger partial charge in [-0.15, -0.1) is 11.8 Å². The molecule has 4 rings (SSSR count). The first-order valence-corrected chi connectivity index (χ1v) is 9.44. The third-order valence-corrected chi connectivity index (χ3v) is 6.87. The van der Waals surface area contributed by atoms with Crippen LogP contribution < -0.4 is 5.32 Å². The van der Waals surface area contributed by atoms with Gasteiger partial charge in [-0.2, -0.15) is 0 Å². The number of anilines is 1. The van der Waals surface area contributed by atoms with Crippen molar-refractivity contribution < 1.29 is 0 Å². The van der Waals surface area contributed by atoms with Gasteiger partial charge in [-0.3, -0.25) is 0 Å². The van der Waals surface area contributed by atoms with E-state index in [1.807, 2.05) is 0 Å². The van der Waals surface area contributed by atoms with Gasteiger partial charge in [0.2, 0.25) is 0 Å².